The summed E-state index contributed by atoms with van der Waals surface area (Å²) in [6.45, 7) is 4.62. The molecule has 0 radical (unpaired) electrons. The van der Waals surface area contributed by atoms with Crippen LogP contribution in [0.4, 0.5) is 5.69 Å². The summed E-state index contributed by atoms with van der Waals surface area (Å²) >= 11 is 1.54. The largest absolute Gasteiger partial charge is 0.325 e. The predicted octanol–water partition coefficient (Wildman–Crippen LogP) is 2.75. The van der Waals surface area contributed by atoms with Crippen LogP contribution in [0.2, 0.25) is 0 Å². The summed E-state index contributed by atoms with van der Waals surface area (Å²) in [5.41, 5.74) is 1.83. The third-order valence-electron chi connectivity index (χ3n) is 3.51. The van der Waals surface area contributed by atoms with E-state index in [4.69, 9.17) is 0 Å². The Balaban J connectivity index is 1.65. The van der Waals surface area contributed by atoms with Crippen molar-refractivity contribution in [3.63, 3.8) is 0 Å². The lowest BCUT2D eigenvalue weighted by Gasteiger charge is -2.06. The number of hydrogen-bond acceptors (Lipinski definition) is 4. The van der Waals surface area contributed by atoms with Gasteiger partial charge in [0.2, 0.25) is 5.91 Å². The number of thioether (sulfide) groups is 1. The van der Waals surface area contributed by atoms with Crippen LogP contribution in [0.15, 0.2) is 36.9 Å². The van der Waals surface area contributed by atoms with Crippen molar-refractivity contribution in [2.75, 3.05) is 16.8 Å². The molecule has 0 spiro atoms. The van der Waals surface area contributed by atoms with Crippen LogP contribution in [-0.2, 0) is 17.8 Å². The summed E-state index contributed by atoms with van der Waals surface area (Å²) in [7, 11) is 0. The molecule has 1 aromatic carbocycles. The number of aromatic nitrogens is 3. The number of nitrogens with one attached hydrogen (secondary N) is 1. The first-order valence-electron chi connectivity index (χ1n) is 7.29. The molecule has 0 saturated heterocycles. The maximum absolute atomic E-state index is 11.8. The number of amides is 1. The molecule has 22 heavy (non-hydrogen) atoms. The third kappa shape index (κ3) is 3.22. The van der Waals surface area contributed by atoms with Crippen molar-refractivity contribution in [2.24, 2.45) is 0 Å². The van der Waals surface area contributed by atoms with E-state index in [-0.39, 0.29) is 5.91 Å². The van der Waals surface area contributed by atoms with Crippen molar-refractivity contribution in [3.05, 3.63) is 42.7 Å². The topological polar surface area (TPSA) is 59.8 Å². The summed E-state index contributed by atoms with van der Waals surface area (Å²) in [5, 5.41) is 11.4. The molecule has 0 bridgehead atoms. The van der Waals surface area contributed by atoms with E-state index in [2.05, 4.69) is 26.7 Å². The van der Waals surface area contributed by atoms with Crippen molar-refractivity contribution in [2.45, 2.75) is 19.4 Å². The third-order valence-corrected chi connectivity index (χ3v) is 4.44. The van der Waals surface area contributed by atoms with Crippen molar-refractivity contribution in [1.82, 2.24) is 14.8 Å². The van der Waals surface area contributed by atoms with Gasteiger partial charge in [0.1, 0.15) is 5.82 Å². The van der Waals surface area contributed by atoms with Gasteiger partial charge >= 0.3 is 0 Å². The molecule has 3 rings (SSSR count). The lowest BCUT2D eigenvalue weighted by Crippen LogP contribution is -2.14. The molecule has 2 heterocycles. The van der Waals surface area contributed by atoms with Crippen molar-refractivity contribution in [1.29, 1.82) is 0 Å². The molecular formula is C16H18N4OS. The maximum atomic E-state index is 11.8. The zero-order chi connectivity index (χ0) is 15.4. The van der Waals surface area contributed by atoms with E-state index >= 15 is 0 Å². The van der Waals surface area contributed by atoms with E-state index in [0.29, 0.717) is 5.75 Å². The quantitative estimate of drug-likeness (QED) is 0.658. The maximum Gasteiger partial charge on any atom is 0.234 e. The lowest BCUT2D eigenvalue weighted by molar-refractivity contribution is -0.113. The van der Waals surface area contributed by atoms with E-state index in [1.807, 2.05) is 24.3 Å². The van der Waals surface area contributed by atoms with Crippen LogP contribution in [0.3, 0.4) is 0 Å². The van der Waals surface area contributed by atoms with Crippen molar-refractivity contribution >= 4 is 23.4 Å². The van der Waals surface area contributed by atoms with Gasteiger partial charge in [-0.2, -0.15) is 0 Å². The minimum atomic E-state index is 0.00275. The number of rotatable bonds is 6. The highest BCUT2D eigenvalue weighted by Crippen LogP contribution is 2.24. The second-order valence-electron chi connectivity index (χ2n) is 5.12. The van der Waals surface area contributed by atoms with Gasteiger partial charge in [-0.05, 0) is 30.7 Å². The van der Waals surface area contributed by atoms with E-state index in [9.17, 15) is 4.79 Å². The van der Waals surface area contributed by atoms with Gasteiger partial charge in [0.25, 0.3) is 0 Å². The Morgan fingerprint density at radius 3 is 2.95 bits per heavy atom. The van der Waals surface area contributed by atoms with E-state index in [1.165, 1.54) is 0 Å². The second-order valence-corrected chi connectivity index (χ2v) is 6.15. The number of carbonyl (C=O) groups excluding carboxylic acids is 1. The normalized spacial score (nSPS) is 12.9. The molecule has 1 N–H and O–H groups in total. The molecule has 6 heteroatoms. The Bertz CT molecular complexity index is 678. The summed E-state index contributed by atoms with van der Waals surface area (Å²) in [4.78, 5) is 11.8. The fourth-order valence-electron chi connectivity index (χ4n) is 2.50. The van der Waals surface area contributed by atoms with Crippen molar-refractivity contribution in [3.8, 4) is 11.4 Å². The summed E-state index contributed by atoms with van der Waals surface area (Å²) in [5.74, 6) is 3.19. The average Bonchev–Trinajstić information content (AvgIpc) is 3.11. The highest BCUT2D eigenvalue weighted by molar-refractivity contribution is 8.00. The zero-order valence-electron chi connectivity index (χ0n) is 12.3. The van der Waals surface area contributed by atoms with Crippen molar-refractivity contribution < 1.29 is 4.79 Å². The molecule has 0 saturated carbocycles. The van der Waals surface area contributed by atoms with Gasteiger partial charge in [-0.25, -0.2) is 0 Å². The molecule has 0 aliphatic carbocycles. The van der Waals surface area contributed by atoms with Crippen LogP contribution in [0.1, 0.15) is 12.2 Å². The highest BCUT2D eigenvalue weighted by atomic mass is 32.2. The number of aryl methyl sites for hydroxylation is 1. The van der Waals surface area contributed by atoms with Crippen LogP contribution in [0.5, 0.6) is 0 Å². The standard InChI is InChI=1S/C16H18N4OS/c1-2-10-22-11-15(21)17-13-7-5-12(6-8-13)16-19-18-14-4-3-9-20(14)16/h2,5-8H,1,3-4,9-11H2,(H,17,21). The molecule has 2 aromatic rings. The van der Waals surface area contributed by atoms with Gasteiger partial charge in [-0.1, -0.05) is 6.08 Å². The molecular weight excluding hydrogens is 296 g/mol. The first-order chi connectivity index (χ1) is 10.8. The molecule has 0 atom stereocenters. The SMILES string of the molecule is C=CCSCC(=O)Nc1ccc(-c2nnc3n2CCC3)cc1. The average molecular weight is 314 g/mol. The lowest BCUT2D eigenvalue weighted by atomic mass is 10.2. The fraction of sp³-hybridized carbons (Fsp3) is 0.312. The van der Waals surface area contributed by atoms with Crippen LogP contribution in [-0.4, -0.2) is 32.2 Å². The van der Waals surface area contributed by atoms with E-state index in [1.54, 1.807) is 17.8 Å². The van der Waals surface area contributed by atoms with Gasteiger partial charge in [-0.15, -0.1) is 28.5 Å². The molecule has 114 valence electrons. The second kappa shape index (κ2) is 6.79. The molecule has 1 amide bonds. The minimum Gasteiger partial charge on any atom is -0.325 e. The number of carbonyl (C=O) groups is 1. The van der Waals surface area contributed by atoms with E-state index < -0.39 is 0 Å². The summed E-state index contributed by atoms with van der Waals surface area (Å²) in [6, 6.07) is 7.76. The predicted molar refractivity (Wildman–Crippen MR) is 89.9 cm³/mol. The van der Waals surface area contributed by atoms with Crippen LogP contribution < -0.4 is 5.32 Å². The Labute approximate surface area is 133 Å². The Morgan fingerprint density at radius 1 is 1.36 bits per heavy atom. The molecule has 1 aliphatic heterocycles. The van der Waals surface area contributed by atoms with Gasteiger partial charge < -0.3 is 9.88 Å². The first-order valence-corrected chi connectivity index (χ1v) is 8.44. The smallest absolute Gasteiger partial charge is 0.234 e. The van der Waals surface area contributed by atoms with Gasteiger partial charge in [0.15, 0.2) is 5.82 Å². The molecule has 0 fully saturated rings. The van der Waals surface area contributed by atoms with Gasteiger partial charge in [0, 0.05) is 30.0 Å². The number of benzene rings is 1. The Hall–Kier alpha value is -2.08. The summed E-state index contributed by atoms with van der Waals surface area (Å²) < 4.78 is 2.17. The summed E-state index contributed by atoms with van der Waals surface area (Å²) in [6.07, 6.45) is 3.93. The van der Waals surface area contributed by atoms with Crippen LogP contribution >= 0.6 is 11.8 Å². The molecule has 0 unspecified atom stereocenters. The van der Waals surface area contributed by atoms with Crippen LogP contribution in [0.25, 0.3) is 11.4 Å². The molecule has 1 aliphatic rings. The minimum absolute atomic E-state index is 0.00275. The first kappa shape index (κ1) is 14.8. The Kier molecular flexibility index (Phi) is 4.58. The number of hydrogen-bond donors (Lipinski definition) is 1. The number of fused-ring (bicyclic) bond motifs is 1. The number of anilines is 1. The van der Waals surface area contributed by atoms with Crippen LogP contribution in [0, 0.1) is 0 Å². The van der Waals surface area contributed by atoms with Gasteiger partial charge in [-0.3, -0.25) is 4.79 Å². The monoisotopic (exact) mass is 314 g/mol. The zero-order valence-corrected chi connectivity index (χ0v) is 13.1. The van der Waals surface area contributed by atoms with Gasteiger partial charge in [0.05, 0.1) is 5.75 Å². The Morgan fingerprint density at radius 2 is 2.18 bits per heavy atom. The number of nitrogens with zero attached hydrogens (tertiary/aromatic N) is 3. The molecule has 1 aromatic heterocycles. The van der Waals surface area contributed by atoms with E-state index in [0.717, 1.165) is 48.0 Å². The highest BCUT2D eigenvalue weighted by Gasteiger charge is 2.18. The fourth-order valence-corrected chi connectivity index (χ4v) is 3.04. The molecule has 5 nitrogen and oxygen atoms in total.